The van der Waals surface area contributed by atoms with Crippen LogP contribution in [0.1, 0.15) is 18.9 Å². The second-order valence-corrected chi connectivity index (χ2v) is 6.95. The number of thiophene rings is 1. The predicted molar refractivity (Wildman–Crippen MR) is 93.0 cm³/mol. The molecule has 1 aromatic carbocycles. The zero-order valence-electron chi connectivity index (χ0n) is 13.5. The van der Waals surface area contributed by atoms with Gasteiger partial charge in [0.15, 0.2) is 0 Å². The second kappa shape index (κ2) is 7.90. The van der Waals surface area contributed by atoms with Gasteiger partial charge in [0.1, 0.15) is 6.10 Å². The van der Waals surface area contributed by atoms with Gasteiger partial charge in [0.25, 0.3) is 0 Å². The molecule has 0 unspecified atom stereocenters. The van der Waals surface area contributed by atoms with Crippen molar-refractivity contribution in [2.75, 3.05) is 32.8 Å². The monoisotopic (exact) mass is 333 g/mol. The number of carbonyl (C=O) groups is 1. The highest BCUT2D eigenvalue weighted by Gasteiger charge is 2.28. The average molecular weight is 333 g/mol. The van der Waals surface area contributed by atoms with Gasteiger partial charge in [0.05, 0.1) is 6.61 Å². The number of carbonyl (C=O) groups excluding carboxylic acids is 1. The highest BCUT2D eigenvalue weighted by atomic mass is 32.1. The minimum absolute atomic E-state index is 0.0976. The molecule has 124 valence electrons. The first kappa shape index (κ1) is 16.4. The van der Waals surface area contributed by atoms with Gasteiger partial charge in [-0.2, -0.15) is 0 Å². The molecule has 0 atom stereocenters. The summed E-state index contributed by atoms with van der Waals surface area (Å²) >= 11 is 1.78. The van der Waals surface area contributed by atoms with Crippen LogP contribution in [0.3, 0.4) is 0 Å². The van der Waals surface area contributed by atoms with Crippen LogP contribution >= 0.6 is 11.3 Å². The van der Waals surface area contributed by atoms with Crippen molar-refractivity contribution in [1.29, 1.82) is 0 Å². The fraction of sp³-hybridized carbons (Fsp3) is 0.500. The Balaban J connectivity index is 1.24. The molecule has 0 amide bonds. The number of benzene rings is 1. The van der Waals surface area contributed by atoms with Gasteiger partial charge in [-0.3, -0.25) is 9.69 Å². The lowest BCUT2D eigenvalue weighted by molar-refractivity contribution is -0.154. The summed E-state index contributed by atoms with van der Waals surface area (Å²) in [5.41, 5.74) is 1.34. The third-order valence-electron chi connectivity index (χ3n) is 4.07. The zero-order valence-corrected chi connectivity index (χ0v) is 14.3. The van der Waals surface area contributed by atoms with E-state index in [1.807, 2.05) is 0 Å². The SMILES string of the molecule is CC(=O)OC1CN(CCCOCCc2ccc3sccc3c2)C1. The lowest BCUT2D eigenvalue weighted by atomic mass is 10.1. The summed E-state index contributed by atoms with van der Waals surface area (Å²) < 4.78 is 12.2. The van der Waals surface area contributed by atoms with E-state index in [-0.39, 0.29) is 12.1 Å². The highest BCUT2D eigenvalue weighted by Crippen LogP contribution is 2.21. The number of hydrogen-bond acceptors (Lipinski definition) is 5. The van der Waals surface area contributed by atoms with E-state index in [4.69, 9.17) is 9.47 Å². The van der Waals surface area contributed by atoms with Gasteiger partial charge < -0.3 is 9.47 Å². The summed E-state index contributed by atoms with van der Waals surface area (Å²) in [6.45, 7) is 5.76. The van der Waals surface area contributed by atoms with Crippen LogP contribution < -0.4 is 0 Å². The molecule has 1 aromatic heterocycles. The van der Waals surface area contributed by atoms with Crippen LogP contribution in [-0.4, -0.2) is 49.8 Å². The lowest BCUT2D eigenvalue weighted by Gasteiger charge is -2.38. The summed E-state index contributed by atoms with van der Waals surface area (Å²) in [7, 11) is 0. The Hall–Kier alpha value is -1.43. The molecule has 1 aliphatic rings. The highest BCUT2D eigenvalue weighted by molar-refractivity contribution is 7.17. The number of hydrogen-bond donors (Lipinski definition) is 0. The Labute approximate surface area is 141 Å². The molecule has 2 heterocycles. The van der Waals surface area contributed by atoms with Gasteiger partial charge in [0.2, 0.25) is 0 Å². The third kappa shape index (κ3) is 4.77. The van der Waals surface area contributed by atoms with Crippen molar-refractivity contribution < 1.29 is 14.3 Å². The maximum atomic E-state index is 10.8. The van der Waals surface area contributed by atoms with Gasteiger partial charge in [-0.15, -0.1) is 11.3 Å². The first-order valence-corrected chi connectivity index (χ1v) is 9.02. The molecular formula is C18H23NO3S. The summed E-state index contributed by atoms with van der Waals surface area (Å²) in [6, 6.07) is 8.81. The van der Waals surface area contributed by atoms with Crippen molar-refractivity contribution in [3.63, 3.8) is 0 Å². The molecule has 0 spiro atoms. The van der Waals surface area contributed by atoms with Crippen LogP contribution in [-0.2, 0) is 20.7 Å². The maximum absolute atomic E-state index is 10.8. The van der Waals surface area contributed by atoms with Crippen LogP contribution in [0, 0.1) is 0 Å². The standard InChI is InChI=1S/C18H23NO3S/c1-14(20)22-17-12-19(13-17)7-2-8-21-9-5-15-3-4-18-16(11-15)6-10-23-18/h3-4,6,10-11,17H,2,5,7-9,12-13H2,1H3. The Morgan fingerprint density at radius 3 is 3.00 bits per heavy atom. The van der Waals surface area contributed by atoms with Crippen LogP contribution in [0.2, 0.25) is 0 Å². The van der Waals surface area contributed by atoms with Gasteiger partial charge in [-0.05, 0) is 41.3 Å². The summed E-state index contributed by atoms with van der Waals surface area (Å²) in [4.78, 5) is 13.1. The van der Waals surface area contributed by atoms with Crippen molar-refractivity contribution in [2.24, 2.45) is 0 Å². The molecule has 3 rings (SSSR count). The van der Waals surface area contributed by atoms with Crippen molar-refractivity contribution in [1.82, 2.24) is 4.90 Å². The van der Waals surface area contributed by atoms with Crippen molar-refractivity contribution in [3.05, 3.63) is 35.2 Å². The number of fused-ring (bicyclic) bond motifs is 1. The van der Waals surface area contributed by atoms with Gasteiger partial charge >= 0.3 is 5.97 Å². The Bertz CT molecular complexity index is 649. The van der Waals surface area contributed by atoms with Crippen LogP contribution in [0.5, 0.6) is 0 Å². The third-order valence-corrected chi connectivity index (χ3v) is 4.97. The van der Waals surface area contributed by atoms with E-state index < -0.39 is 0 Å². The molecule has 2 aromatic rings. The molecule has 0 saturated carbocycles. The number of rotatable bonds is 8. The number of likely N-dealkylation sites (tertiary alicyclic amines) is 1. The Morgan fingerprint density at radius 1 is 1.30 bits per heavy atom. The van der Waals surface area contributed by atoms with E-state index in [0.717, 1.165) is 45.7 Å². The summed E-state index contributed by atoms with van der Waals surface area (Å²) in [5, 5.41) is 3.46. The van der Waals surface area contributed by atoms with Crippen LogP contribution in [0.15, 0.2) is 29.6 Å². The van der Waals surface area contributed by atoms with Crippen LogP contribution in [0.4, 0.5) is 0 Å². The second-order valence-electron chi connectivity index (χ2n) is 6.00. The molecule has 1 saturated heterocycles. The van der Waals surface area contributed by atoms with E-state index in [2.05, 4.69) is 34.5 Å². The van der Waals surface area contributed by atoms with Crippen LogP contribution in [0.25, 0.3) is 10.1 Å². The summed E-state index contributed by atoms with van der Waals surface area (Å²) in [5.74, 6) is -0.182. The van der Waals surface area contributed by atoms with Crippen molar-refractivity contribution in [3.8, 4) is 0 Å². The van der Waals surface area contributed by atoms with Gasteiger partial charge in [-0.25, -0.2) is 0 Å². The number of esters is 1. The molecule has 0 aliphatic carbocycles. The Kier molecular flexibility index (Phi) is 5.65. The van der Waals surface area contributed by atoms with Crippen molar-refractivity contribution >= 4 is 27.4 Å². The first-order valence-electron chi connectivity index (χ1n) is 8.14. The van der Waals surface area contributed by atoms with E-state index >= 15 is 0 Å². The molecule has 4 nitrogen and oxygen atoms in total. The van der Waals surface area contributed by atoms with E-state index in [0.29, 0.717) is 0 Å². The molecule has 0 bridgehead atoms. The largest absolute Gasteiger partial charge is 0.460 e. The van der Waals surface area contributed by atoms with E-state index in [1.54, 1.807) is 11.3 Å². The molecule has 5 heteroatoms. The minimum Gasteiger partial charge on any atom is -0.460 e. The number of ether oxygens (including phenoxy) is 2. The molecule has 1 fully saturated rings. The normalized spacial score (nSPS) is 15.7. The quantitative estimate of drug-likeness (QED) is 0.550. The fourth-order valence-corrected chi connectivity index (χ4v) is 3.64. The average Bonchev–Trinajstić information content (AvgIpc) is 2.94. The van der Waals surface area contributed by atoms with Gasteiger partial charge in [0, 0.05) is 37.9 Å². The smallest absolute Gasteiger partial charge is 0.302 e. The fourth-order valence-electron chi connectivity index (χ4n) is 2.87. The number of nitrogens with zero attached hydrogens (tertiary/aromatic N) is 1. The molecule has 23 heavy (non-hydrogen) atoms. The topological polar surface area (TPSA) is 38.8 Å². The first-order chi connectivity index (χ1) is 11.2. The zero-order chi connectivity index (χ0) is 16.1. The maximum Gasteiger partial charge on any atom is 0.302 e. The predicted octanol–water partition coefficient (Wildman–Crippen LogP) is 3.10. The van der Waals surface area contributed by atoms with E-state index in [1.165, 1.54) is 22.6 Å². The van der Waals surface area contributed by atoms with E-state index in [9.17, 15) is 4.79 Å². The summed E-state index contributed by atoms with van der Waals surface area (Å²) in [6.07, 6.45) is 2.08. The van der Waals surface area contributed by atoms with Crippen molar-refractivity contribution in [2.45, 2.75) is 25.9 Å². The van der Waals surface area contributed by atoms with Gasteiger partial charge in [-0.1, -0.05) is 12.1 Å². The Morgan fingerprint density at radius 2 is 2.17 bits per heavy atom. The minimum atomic E-state index is -0.182. The molecule has 1 aliphatic heterocycles. The lowest BCUT2D eigenvalue weighted by Crippen LogP contribution is -2.52. The molecule has 0 N–H and O–H groups in total. The molecule has 0 radical (unpaired) electrons. The molecular weight excluding hydrogens is 310 g/mol.